The van der Waals surface area contributed by atoms with E-state index in [1.165, 1.54) is 16.9 Å². The van der Waals surface area contributed by atoms with Gasteiger partial charge in [-0.3, -0.25) is 0 Å². The van der Waals surface area contributed by atoms with E-state index >= 15 is 0 Å². The number of fused-ring (bicyclic) bond motifs is 1. The second kappa shape index (κ2) is 3.70. The summed E-state index contributed by atoms with van der Waals surface area (Å²) in [4.78, 5) is 3.87. The molecule has 0 amide bonds. The molecule has 0 fully saturated rings. The number of pyridine rings is 1. The maximum absolute atomic E-state index is 4.17. The summed E-state index contributed by atoms with van der Waals surface area (Å²) in [7, 11) is 0. The summed E-state index contributed by atoms with van der Waals surface area (Å²) in [6.45, 7) is 1.99. The summed E-state index contributed by atoms with van der Waals surface area (Å²) in [5, 5.41) is 1.17. The van der Waals surface area contributed by atoms with Crippen LogP contribution in [0.1, 0.15) is 5.69 Å². The third-order valence-corrected chi connectivity index (χ3v) is 2.25. The SMILES string of the molecule is Cc1nsc2[c-]nccc12.[Y]. The minimum atomic E-state index is 0. The van der Waals surface area contributed by atoms with Gasteiger partial charge in [-0.25, -0.2) is 4.37 Å². The van der Waals surface area contributed by atoms with E-state index in [2.05, 4.69) is 15.6 Å². The molecule has 4 heteroatoms. The van der Waals surface area contributed by atoms with Gasteiger partial charge in [-0.15, -0.1) is 6.07 Å². The van der Waals surface area contributed by atoms with Crippen molar-refractivity contribution in [1.82, 2.24) is 9.36 Å². The smallest absolute Gasteiger partial charge is 0.00404 e. The van der Waals surface area contributed by atoms with Crippen LogP contribution in [0, 0.1) is 13.1 Å². The molecule has 0 aliphatic carbocycles. The summed E-state index contributed by atoms with van der Waals surface area (Å²) < 4.78 is 5.21. The van der Waals surface area contributed by atoms with Crippen molar-refractivity contribution in [3.05, 3.63) is 24.2 Å². The predicted molar refractivity (Wildman–Crippen MR) is 41.0 cm³/mol. The van der Waals surface area contributed by atoms with Gasteiger partial charge in [0, 0.05) is 38.4 Å². The van der Waals surface area contributed by atoms with Crippen LogP contribution >= 0.6 is 11.5 Å². The molecule has 2 heterocycles. The summed E-state index contributed by atoms with van der Waals surface area (Å²) in [5.74, 6) is 0. The van der Waals surface area contributed by atoms with Crippen LogP contribution in [0.2, 0.25) is 0 Å². The van der Waals surface area contributed by atoms with Gasteiger partial charge in [0.1, 0.15) is 0 Å². The monoisotopic (exact) mass is 238 g/mol. The summed E-state index contributed by atoms with van der Waals surface area (Å²) in [6.07, 6.45) is 4.62. The largest absolute Gasteiger partial charge is 0.393 e. The van der Waals surface area contributed by atoms with Gasteiger partial charge >= 0.3 is 0 Å². The number of hydrogen-bond donors (Lipinski definition) is 0. The van der Waals surface area contributed by atoms with Crippen LogP contribution < -0.4 is 0 Å². The Morgan fingerprint density at radius 3 is 3.09 bits per heavy atom. The molecule has 0 aliphatic rings. The molecule has 0 bridgehead atoms. The normalized spacial score (nSPS) is 9.55. The zero-order valence-electron chi connectivity index (χ0n) is 6.03. The van der Waals surface area contributed by atoms with E-state index in [0.717, 1.165) is 10.4 Å². The van der Waals surface area contributed by atoms with Gasteiger partial charge in [-0.1, -0.05) is 29.3 Å². The van der Waals surface area contributed by atoms with Gasteiger partial charge in [0.25, 0.3) is 0 Å². The van der Waals surface area contributed by atoms with Gasteiger partial charge in [0.05, 0.1) is 0 Å². The molecule has 1 radical (unpaired) electrons. The third-order valence-electron chi connectivity index (χ3n) is 1.39. The first-order chi connectivity index (χ1) is 4.88. The molecule has 0 saturated heterocycles. The van der Waals surface area contributed by atoms with Crippen molar-refractivity contribution in [3.8, 4) is 0 Å². The van der Waals surface area contributed by atoms with Crippen LogP contribution in [-0.4, -0.2) is 9.36 Å². The van der Waals surface area contributed by atoms with Crippen molar-refractivity contribution in [3.63, 3.8) is 0 Å². The van der Waals surface area contributed by atoms with E-state index in [0.29, 0.717) is 0 Å². The Morgan fingerprint density at radius 1 is 1.55 bits per heavy atom. The second-order valence-electron chi connectivity index (χ2n) is 2.07. The topological polar surface area (TPSA) is 25.8 Å². The van der Waals surface area contributed by atoms with E-state index in [-0.39, 0.29) is 32.7 Å². The van der Waals surface area contributed by atoms with Crippen LogP contribution in [0.5, 0.6) is 0 Å². The minimum absolute atomic E-state index is 0. The molecule has 2 nitrogen and oxygen atoms in total. The third kappa shape index (κ3) is 1.66. The van der Waals surface area contributed by atoms with Gasteiger partial charge < -0.3 is 4.98 Å². The fraction of sp³-hybridized carbons (Fsp3) is 0.143. The Morgan fingerprint density at radius 2 is 2.36 bits per heavy atom. The molecule has 2 rings (SSSR count). The van der Waals surface area contributed by atoms with Gasteiger partial charge in [-0.2, -0.15) is 0 Å². The van der Waals surface area contributed by atoms with Crippen molar-refractivity contribution >= 4 is 21.6 Å². The molecule has 2 aromatic heterocycles. The standard InChI is InChI=1S/C7H5N2S.Y/c1-5-6-2-3-8-4-7(6)10-9-5;/h2-3H,1H3;/q-1;. The van der Waals surface area contributed by atoms with Gasteiger partial charge in [0.15, 0.2) is 0 Å². The van der Waals surface area contributed by atoms with Crippen LogP contribution in [-0.2, 0) is 32.7 Å². The predicted octanol–water partition coefficient (Wildman–Crippen LogP) is 1.80. The first-order valence-corrected chi connectivity index (χ1v) is 3.74. The van der Waals surface area contributed by atoms with E-state index in [1.54, 1.807) is 6.20 Å². The summed E-state index contributed by atoms with van der Waals surface area (Å²) in [6, 6.07) is 1.96. The Kier molecular flexibility index (Phi) is 3.10. The van der Waals surface area contributed by atoms with E-state index in [9.17, 15) is 0 Å². The molecule has 2 aromatic rings. The molecule has 11 heavy (non-hydrogen) atoms. The molecule has 0 aromatic carbocycles. The maximum atomic E-state index is 4.17. The van der Waals surface area contributed by atoms with Gasteiger partial charge in [-0.05, 0) is 11.6 Å². The van der Waals surface area contributed by atoms with Crippen LogP contribution in [0.3, 0.4) is 0 Å². The number of aryl methyl sites for hydroxylation is 1. The molecule has 0 atom stereocenters. The number of nitrogens with zero attached hydrogens (tertiary/aromatic N) is 2. The Balaban J connectivity index is 0.000000605. The fourth-order valence-corrected chi connectivity index (χ4v) is 1.60. The number of hydrogen-bond acceptors (Lipinski definition) is 3. The quantitative estimate of drug-likeness (QED) is 0.654. The zero-order valence-corrected chi connectivity index (χ0v) is 9.69. The van der Waals surface area contributed by atoms with E-state index < -0.39 is 0 Å². The van der Waals surface area contributed by atoms with Crippen LogP contribution in [0.4, 0.5) is 0 Å². The summed E-state index contributed by atoms with van der Waals surface area (Å²) in [5.41, 5.74) is 1.07. The molecule has 0 aliphatic heterocycles. The van der Waals surface area contributed by atoms with Crippen molar-refractivity contribution in [2.45, 2.75) is 6.92 Å². The Hall–Kier alpha value is 0.144. The molecule has 53 valence electrons. The summed E-state index contributed by atoms with van der Waals surface area (Å²) >= 11 is 1.45. The molecular formula is C7H5N2SY-. The van der Waals surface area contributed by atoms with Crippen LogP contribution in [0.25, 0.3) is 10.1 Å². The maximum Gasteiger partial charge on any atom is 0.00404 e. The van der Waals surface area contributed by atoms with Crippen molar-refractivity contribution < 1.29 is 32.7 Å². The van der Waals surface area contributed by atoms with Crippen LogP contribution in [0.15, 0.2) is 12.3 Å². The second-order valence-corrected chi connectivity index (χ2v) is 2.84. The molecule has 0 saturated carbocycles. The molecule has 0 spiro atoms. The van der Waals surface area contributed by atoms with E-state index in [4.69, 9.17) is 0 Å². The Bertz CT molecular complexity index is 358. The average Bonchev–Trinajstić information content (AvgIpc) is 2.34. The molecule has 0 unspecified atom stereocenters. The van der Waals surface area contributed by atoms with Gasteiger partial charge in [0.2, 0.25) is 0 Å². The fourth-order valence-electron chi connectivity index (χ4n) is 0.861. The zero-order chi connectivity index (χ0) is 6.97. The molecule has 0 N–H and O–H groups in total. The van der Waals surface area contributed by atoms with Crippen molar-refractivity contribution in [2.24, 2.45) is 0 Å². The number of aromatic nitrogens is 2. The number of rotatable bonds is 0. The average molecular weight is 238 g/mol. The first-order valence-electron chi connectivity index (χ1n) is 2.96. The first kappa shape index (κ1) is 9.23. The van der Waals surface area contributed by atoms with Crippen molar-refractivity contribution in [1.29, 1.82) is 0 Å². The van der Waals surface area contributed by atoms with Crippen molar-refractivity contribution in [2.75, 3.05) is 0 Å². The van der Waals surface area contributed by atoms with E-state index in [1.807, 2.05) is 13.0 Å². The molecular weight excluding hydrogens is 233 g/mol. The Labute approximate surface area is 94.1 Å². The minimum Gasteiger partial charge on any atom is -0.393 e.